The molecule has 6 heteroatoms. The van der Waals surface area contributed by atoms with Gasteiger partial charge in [-0.25, -0.2) is 8.78 Å². The zero-order chi connectivity index (χ0) is 15.6. The van der Waals surface area contributed by atoms with Gasteiger partial charge in [0.05, 0.1) is 13.0 Å². The Morgan fingerprint density at radius 2 is 2.00 bits per heavy atom. The first-order valence-electron chi connectivity index (χ1n) is 6.78. The minimum atomic E-state index is -1.06. The van der Waals surface area contributed by atoms with Crippen LogP contribution in [0.25, 0.3) is 0 Å². The molecule has 0 N–H and O–H groups in total. The van der Waals surface area contributed by atoms with E-state index < -0.39 is 29.4 Å². The molecule has 0 aliphatic heterocycles. The van der Waals surface area contributed by atoms with Crippen LogP contribution in [-0.4, -0.2) is 36.5 Å². The quantitative estimate of drug-likeness (QED) is 0.784. The molecule has 21 heavy (non-hydrogen) atoms. The smallest absolute Gasteiger partial charge is 0.310 e. The molecule has 1 atom stereocenters. The van der Waals surface area contributed by atoms with E-state index in [2.05, 4.69) is 4.74 Å². The highest BCUT2D eigenvalue weighted by atomic mass is 19.2. The van der Waals surface area contributed by atoms with Crippen LogP contribution >= 0.6 is 0 Å². The molecule has 0 spiro atoms. The highest BCUT2D eigenvalue weighted by Crippen LogP contribution is 2.29. The number of carbonyl (C=O) groups is 2. The first-order chi connectivity index (χ1) is 9.93. The van der Waals surface area contributed by atoms with Crippen LogP contribution in [0.4, 0.5) is 8.78 Å². The fourth-order valence-electron chi connectivity index (χ4n) is 2.15. The molecule has 0 saturated heterocycles. The van der Waals surface area contributed by atoms with Gasteiger partial charge in [0.2, 0.25) is 0 Å². The lowest BCUT2D eigenvalue weighted by molar-refractivity contribution is -0.145. The monoisotopic (exact) mass is 297 g/mol. The molecule has 1 fully saturated rings. The summed E-state index contributed by atoms with van der Waals surface area (Å²) >= 11 is 0. The summed E-state index contributed by atoms with van der Waals surface area (Å²) in [6.45, 7) is 1.87. The average Bonchev–Trinajstić information content (AvgIpc) is 3.30. The van der Waals surface area contributed by atoms with Gasteiger partial charge in [0.25, 0.3) is 5.91 Å². The van der Waals surface area contributed by atoms with Gasteiger partial charge in [0.1, 0.15) is 0 Å². The van der Waals surface area contributed by atoms with Crippen molar-refractivity contribution >= 4 is 11.9 Å². The van der Waals surface area contributed by atoms with Gasteiger partial charge in [0, 0.05) is 18.2 Å². The van der Waals surface area contributed by atoms with Crippen molar-refractivity contribution in [3.63, 3.8) is 0 Å². The largest absolute Gasteiger partial charge is 0.469 e. The number of hydrogen-bond donors (Lipinski definition) is 0. The third-order valence-electron chi connectivity index (χ3n) is 3.49. The zero-order valence-electron chi connectivity index (χ0n) is 11.9. The summed E-state index contributed by atoms with van der Waals surface area (Å²) in [7, 11) is 1.29. The maximum atomic E-state index is 13.2. The van der Waals surface area contributed by atoms with Crippen LogP contribution in [0, 0.1) is 17.6 Å². The molecule has 114 valence electrons. The molecule has 2 rings (SSSR count). The van der Waals surface area contributed by atoms with Crippen LogP contribution in [0.1, 0.15) is 30.1 Å². The van der Waals surface area contributed by atoms with Crippen molar-refractivity contribution in [2.75, 3.05) is 13.7 Å². The Kier molecular flexibility index (Phi) is 4.55. The van der Waals surface area contributed by atoms with Gasteiger partial charge in [-0.05, 0) is 31.0 Å². The van der Waals surface area contributed by atoms with E-state index >= 15 is 0 Å². The normalized spacial score (nSPS) is 15.4. The van der Waals surface area contributed by atoms with E-state index in [-0.39, 0.29) is 18.2 Å². The number of carbonyl (C=O) groups excluding carboxylic acids is 2. The molecule has 1 saturated carbocycles. The molecule has 1 aliphatic carbocycles. The lowest BCUT2D eigenvalue weighted by atomic mass is 10.1. The molecule has 1 aromatic rings. The molecule has 1 unspecified atom stereocenters. The van der Waals surface area contributed by atoms with Gasteiger partial charge in [-0.3, -0.25) is 9.59 Å². The fourth-order valence-corrected chi connectivity index (χ4v) is 2.15. The third-order valence-corrected chi connectivity index (χ3v) is 3.49. The summed E-state index contributed by atoms with van der Waals surface area (Å²) in [5.74, 6) is -3.32. The van der Waals surface area contributed by atoms with Crippen LogP contribution in [-0.2, 0) is 9.53 Å². The highest BCUT2D eigenvalue weighted by molar-refractivity contribution is 5.95. The maximum absolute atomic E-state index is 13.2. The first kappa shape index (κ1) is 15.4. The second kappa shape index (κ2) is 6.20. The summed E-state index contributed by atoms with van der Waals surface area (Å²) in [5, 5.41) is 0. The molecule has 0 aromatic heterocycles. The average molecular weight is 297 g/mol. The fraction of sp³-hybridized carbons (Fsp3) is 0.467. The van der Waals surface area contributed by atoms with E-state index in [4.69, 9.17) is 0 Å². The molecule has 1 aliphatic rings. The van der Waals surface area contributed by atoms with Crippen LogP contribution in [0.3, 0.4) is 0 Å². The number of hydrogen-bond acceptors (Lipinski definition) is 3. The van der Waals surface area contributed by atoms with E-state index in [9.17, 15) is 18.4 Å². The Balaban J connectivity index is 2.15. The Morgan fingerprint density at radius 1 is 1.33 bits per heavy atom. The zero-order valence-corrected chi connectivity index (χ0v) is 11.9. The molecule has 1 amide bonds. The Bertz CT molecular complexity index is 558. The summed E-state index contributed by atoms with van der Waals surface area (Å²) in [4.78, 5) is 25.4. The highest BCUT2D eigenvalue weighted by Gasteiger charge is 2.35. The minimum absolute atomic E-state index is 0.0534. The number of esters is 1. The van der Waals surface area contributed by atoms with Crippen molar-refractivity contribution in [3.8, 4) is 0 Å². The molecular weight excluding hydrogens is 280 g/mol. The summed E-state index contributed by atoms with van der Waals surface area (Å²) in [5.41, 5.74) is 0.0814. The number of nitrogens with zero attached hydrogens (tertiary/aromatic N) is 1. The number of halogens is 2. The van der Waals surface area contributed by atoms with Crippen molar-refractivity contribution in [2.45, 2.75) is 25.8 Å². The molecular formula is C15H17F2NO3. The van der Waals surface area contributed by atoms with Crippen molar-refractivity contribution in [3.05, 3.63) is 35.4 Å². The molecule has 1 aromatic carbocycles. The first-order valence-corrected chi connectivity index (χ1v) is 6.78. The van der Waals surface area contributed by atoms with E-state index in [0.29, 0.717) is 0 Å². The molecule has 0 radical (unpaired) electrons. The van der Waals surface area contributed by atoms with Gasteiger partial charge in [0.15, 0.2) is 11.6 Å². The van der Waals surface area contributed by atoms with Gasteiger partial charge in [-0.2, -0.15) is 0 Å². The van der Waals surface area contributed by atoms with E-state index in [1.807, 2.05) is 0 Å². The van der Waals surface area contributed by atoms with E-state index in [1.54, 1.807) is 6.92 Å². The molecule has 0 heterocycles. The van der Waals surface area contributed by atoms with Crippen LogP contribution < -0.4 is 0 Å². The van der Waals surface area contributed by atoms with Crippen LogP contribution in [0.2, 0.25) is 0 Å². The Morgan fingerprint density at radius 3 is 2.52 bits per heavy atom. The lowest BCUT2D eigenvalue weighted by Gasteiger charge is -2.25. The number of rotatable bonds is 5. The van der Waals surface area contributed by atoms with Gasteiger partial charge < -0.3 is 9.64 Å². The summed E-state index contributed by atoms with van der Waals surface area (Å²) in [6.07, 6.45) is 1.70. The standard InChI is InChI=1S/C15H17F2NO3/c1-9(15(20)21-2)8-18(11-4-5-11)14(19)10-3-6-12(16)13(17)7-10/h3,6-7,9,11H,4-5,8H2,1-2H3. The second-order valence-electron chi connectivity index (χ2n) is 5.24. The van der Waals surface area contributed by atoms with Crippen molar-refractivity contribution in [2.24, 2.45) is 5.92 Å². The summed E-state index contributed by atoms with van der Waals surface area (Å²) < 4.78 is 30.8. The third kappa shape index (κ3) is 3.56. The minimum Gasteiger partial charge on any atom is -0.469 e. The van der Waals surface area contributed by atoms with Gasteiger partial charge >= 0.3 is 5.97 Å². The van der Waals surface area contributed by atoms with Crippen molar-refractivity contribution in [1.29, 1.82) is 0 Å². The van der Waals surface area contributed by atoms with E-state index in [1.165, 1.54) is 18.1 Å². The van der Waals surface area contributed by atoms with Crippen LogP contribution in [0.15, 0.2) is 18.2 Å². The Labute approximate surface area is 121 Å². The predicted octanol–water partition coefficient (Wildman–Crippen LogP) is 2.38. The van der Waals surface area contributed by atoms with Gasteiger partial charge in [-0.1, -0.05) is 6.92 Å². The maximum Gasteiger partial charge on any atom is 0.310 e. The van der Waals surface area contributed by atoms with Crippen LogP contribution in [0.5, 0.6) is 0 Å². The Hall–Kier alpha value is -1.98. The molecule has 4 nitrogen and oxygen atoms in total. The van der Waals surface area contributed by atoms with Crippen molar-refractivity contribution in [1.82, 2.24) is 4.90 Å². The molecule has 0 bridgehead atoms. The number of benzene rings is 1. The number of methoxy groups -OCH3 is 1. The lowest BCUT2D eigenvalue weighted by Crippen LogP contribution is -2.39. The predicted molar refractivity (Wildman–Crippen MR) is 71.6 cm³/mol. The number of ether oxygens (including phenoxy) is 1. The van der Waals surface area contributed by atoms with Gasteiger partial charge in [-0.15, -0.1) is 0 Å². The van der Waals surface area contributed by atoms with E-state index in [0.717, 1.165) is 25.0 Å². The summed E-state index contributed by atoms with van der Waals surface area (Å²) in [6, 6.07) is 3.12. The topological polar surface area (TPSA) is 46.6 Å². The second-order valence-corrected chi connectivity index (χ2v) is 5.24. The SMILES string of the molecule is COC(=O)C(C)CN(C(=O)c1ccc(F)c(F)c1)C1CC1. The number of amides is 1. The van der Waals surface area contributed by atoms with Crippen molar-refractivity contribution < 1.29 is 23.1 Å².